The molecule has 0 amide bonds. The molecule has 4 atom stereocenters. The lowest BCUT2D eigenvalue weighted by Gasteiger charge is -2.41. The molecule has 1 aliphatic heterocycles. The van der Waals surface area contributed by atoms with E-state index in [1.807, 2.05) is 7.11 Å². The van der Waals surface area contributed by atoms with E-state index in [0.29, 0.717) is 12.1 Å². The summed E-state index contributed by atoms with van der Waals surface area (Å²) in [5, 5.41) is 0. The molecule has 114 valence electrons. The molecule has 1 saturated heterocycles. The van der Waals surface area contributed by atoms with Crippen molar-refractivity contribution >= 4 is 12.4 Å². The van der Waals surface area contributed by atoms with Crippen molar-refractivity contribution in [1.29, 1.82) is 0 Å². The minimum absolute atomic E-state index is 0. The molecule has 0 aromatic carbocycles. The molecule has 0 aromatic rings. The summed E-state index contributed by atoms with van der Waals surface area (Å²) in [5.41, 5.74) is 5.95. The number of nitrogens with zero attached hydrogens (tertiary/aromatic N) is 1. The van der Waals surface area contributed by atoms with E-state index >= 15 is 0 Å². The van der Waals surface area contributed by atoms with Crippen LogP contribution in [-0.4, -0.2) is 43.8 Å². The summed E-state index contributed by atoms with van der Waals surface area (Å²) >= 11 is 0. The molecule has 2 aliphatic rings. The maximum atomic E-state index is 5.95. The molecule has 1 saturated carbocycles. The van der Waals surface area contributed by atoms with Crippen molar-refractivity contribution in [3.8, 4) is 0 Å². The fourth-order valence-electron chi connectivity index (χ4n) is 3.82. The van der Waals surface area contributed by atoms with Crippen molar-refractivity contribution < 1.29 is 4.74 Å². The third-order valence-corrected chi connectivity index (χ3v) is 4.93. The number of piperidine rings is 1. The third-order valence-electron chi connectivity index (χ3n) is 4.93. The Bertz CT molecular complexity index is 252. The second-order valence-electron chi connectivity index (χ2n) is 6.40. The fourth-order valence-corrected chi connectivity index (χ4v) is 3.82. The lowest BCUT2D eigenvalue weighted by molar-refractivity contribution is 0.00438. The largest absolute Gasteiger partial charge is 0.381 e. The SMILES string of the molecule is COC1CCN(CC2CCCC(C)C2)C(CN)C1.Cl. The van der Waals surface area contributed by atoms with Gasteiger partial charge in [0.05, 0.1) is 6.10 Å². The van der Waals surface area contributed by atoms with Gasteiger partial charge in [0.1, 0.15) is 0 Å². The molecule has 0 spiro atoms. The van der Waals surface area contributed by atoms with E-state index in [9.17, 15) is 0 Å². The van der Waals surface area contributed by atoms with Gasteiger partial charge in [0.25, 0.3) is 0 Å². The molecule has 0 aromatic heterocycles. The quantitative estimate of drug-likeness (QED) is 0.865. The van der Waals surface area contributed by atoms with Gasteiger partial charge in [-0.15, -0.1) is 12.4 Å². The number of methoxy groups -OCH3 is 1. The molecule has 3 nitrogen and oxygen atoms in total. The number of halogens is 1. The van der Waals surface area contributed by atoms with E-state index in [-0.39, 0.29) is 12.4 Å². The van der Waals surface area contributed by atoms with Gasteiger partial charge in [-0.3, -0.25) is 4.90 Å². The van der Waals surface area contributed by atoms with Gasteiger partial charge in [-0.25, -0.2) is 0 Å². The Labute approximate surface area is 124 Å². The lowest BCUT2D eigenvalue weighted by atomic mass is 9.81. The molecular formula is C15H31ClN2O. The molecule has 1 heterocycles. The highest BCUT2D eigenvalue weighted by Crippen LogP contribution is 2.30. The van der Waals surface area contributed by atoms with Crippen LogP contribution in [-0.2, 0) is 4.74 Å². The van der Waals surface area contributed by atoms with Gasteiger partial charge in [0, 0.05) is 32.8 Å². The van der Waals surface area contributed by atoms with Crippen molar-refractivity contribution in [2.24, 2.45) is 17.6 Å². The predicted molar refractivity (Wildman–Crippen MR) is 82.8 cm³/mol. The summed E-state index contributed by atoms with van der Waals surface area (Å²) in [6, 6.07) is 0.543. The number of ether oxygens (including phenoxy) is 1. The van der Waals surface area contributed by atoms with E-state index in [2.05, 4.69) is 11.8 Å². The van der Waals surface area contributed by atoms with Crippen molar-refractivity contribution in [1.82, 2.24) is 4.90 Å². The smallest absolute Gasteiger partial charge is 0.0599 e. The standard InChI is InChI=1S/C15H30N2O.ClH/c1-12-4-3-5-13(8-12)11-17-7-6-15(18-2)9-14(17)10-16;/h12-15H,3-11,16H2,1-2H3;1H. The average Bonchev–Trinajstić information content (AvgIpc) is 2.39. The monoisotopic (exact) mass is 290 g/mol. The highest BCUT2D eigenvalue weighted by Gasteiger charge is 2.30. The van der Waals surface area contributed by atoms with Crippen LogP contribution in [0.25, 0.3) is 0 Å². The first-order valence-electron chi connectivity index (χ1n) is 7.69. The molecule has 0 radical (unpaired) electrons. The highest BCUT2D eigenvalue weighted by atomic mass is 35.5. The van der Waals surface area contributed by atoms with Crippen molar-refractivity contribution in [3.05, 3.63) is 0 Å². The first-order valence-corrected chi connectivity index (χ1v) is 7.69. The number of rotatable bonds is 4. The van der Waals surface area contributed by atoms with Gasteiger partial charge in [0.2, 0.25) is 0 Å². The van der Waals surface area contributed by atoms with Gasteiger partial charge < -0.3 is 10.5 Å². The summed E-state index contributed by atoms with van der Waals surface area (Å²) in [6.45, 7) is 5.62. The van der Waals surface area contributed by atoms with E-state index in [1.165, 1.54) is 45.2 Å². The molecule has 2 fully saturated rings. The minimum atomic E-state index is 0. The molecule has 4 heteroatoms. The van der Waals surface area contributed by atoms with Crippen LogP contribution in [0.15, 0.2) is 0 Å². The minimum Gasteiger partial charge on any atom is -0.381 e. The van der Waals surface area contributed by atoms with Gasteiger partial charge in [-0.2, -0.15) is 0 Å². The Hall–Kier alpha value is 0.170. The normalized spacial score (nSPS) is 36.8. The van der Waals surface area contributed by atoms with Crippen LogP contribution in [0.2, 0.25) is 0 Å². The van der Waals surface area contributed by atoms with Crippen LogP contribution in [0.1, 0.15) is 45.4 Å². The maximum absolute atomic E-state index is 5.95. The van der Waals surface area contributed by atoms with E-state index in [1.54, 1.807) is 0 Å². The van der Waals surface area contributed by atoms with Crippen molar-refractivity contribution in [2.75, 3.05) is 26.7 Å². The second kappa shape index (κ2) is 8.46. The number of nitrogens with two attached hydrogens (primary N) is 1. The Balaban J connectivity index is 0.00000180. The Kier molecular flexibility index (Phi) is 7.66. The Morgan fingerprint density at radius 2 is 2.00 bits per heavy atom. The zero-order valence-corrected chi connectivity index (χ0v) is 13.3. The maximum Gasteiger partial charge on any atom is 0.0599 e. The summed E-state index contributed by atoms with van der Waals surface area (Å²) in [7, 11) is 1.83. The van der Waals surface area contributed by atoms with Gasteiger partial charge in [0.15, 0.2) is 0 Å². The zero-order chi connectivity index (χ0) is 13.0. The topological polar surface area (TPSA) is 38.5 Å². The Morgan fingerprint density at radius 3 is 2.63 bits per heavy atom. The lowest BCUT2D eigenvalue weighted by Crippen LogP contribution is -2.50. The predicted octanol–water partition coefficient (Wildman–Crippen LogP) is 2.67. The molecule has 2 N–H and O–H groups in total. The first kappa shape index (κ1) is 17.2. The fraction of sp³-hybridized carbons (Fsp3) is 1.00. The van der Waals surface area contributed by atoms with Crippen LogP contribution in [0.3, 0.4) is 0 Å². The zero-order valence-electron chi connectivity index (χ0n) is 12.5. The Morgan fingerprint density at radius 1 is 1.21 bits per heavy atom. The van der Waals surface area contributed by atoms with E-state index < -0.39 is 0 Å². The van der Waals surface area contributed by atoms with Crippen LogP contribution in [0, 0.1) is 11.8 Å². The molecule has 0 bridgehead atoms. The van der Waals surface area contributed by atoms with Crippen molar-refractivity contribution in [3.63, 3.8) is 0 Å². The second-order valence-corrected chi connectivity index (χ2v) is 6.40. The first-order chi connectivity index (χ1) is 8.72. The van der Waals surface area contributed by atoms with E-state index in [4.69, 9.17) is 10.5 Å². The third kappa shape index (κ3) is 4.89. The summed E-state index contributed by atoms with van der Waals surface area (Å²) < 4.78 is 5.50. The van der Waals surface area contributed by atoms with Crippen LogP contribution >= 0.6 is 12.4 Å². The summed E-state index contributed by atoms with van der Waals surface area (Å²) in [5.74, 6) is 1.83. The number of likely N-dealkylation sites (tertiary alicyclic amines) is 1. The average molecular weight is 291 g/mol. The van der Waals surface area contributed by atoms with Crippen LogP contribution in [0.5, 0.6) is 0 Å². The molecule has 4 unspecified atom stereocenters. The van der Waals surface area contributed by atoms with Gasteiger partial charge in [-0.05, 0) is 37.5 Å². The van der Waals surface area contributed by atoms with E-state index in [0.717, 1.165) is 24.8 Å². The summed E-state index contributed by atoms with van der Waals surface area (Å²) in [4.78, 5) is 2.64. The summed E-state index contributed by atoms with van der Waals surface area (Å²) in [6.07, 6.45) is 8.42. The van der Waals surface area contributed by atoms with Crippen molar-refractivity contribution in [2.45, 2.75) is 57.6 Å². The highest BCUT2D eigenvalue weighted by molar-refractivity contribution is 5.85. The molecule has 1 aliphatic carbocycles. The number of hydrogen-bond donors (Lipinski definition) is 1. The van der Waals surface area contributed by atoms with Crippen LogP contribution < -0.4 is 5.73 Å². The molecule has 2 rings (SSSR count). The van der Waals surface area contributed by atoms with Crippen LogP contribution in [0.4, 0.5) is 0 Å². The van der Waals surface area contributed by atoms with Gasteiger partial charge in [-0.1, -0.05) is 19.8 Å². The van der Waals surface area contributed by atoms with Gasteiger partial charge >= 0.3 is 0 Å². The number of hydrogen-bond acceptors (Lipinski definition) is 3. The molecule has 19 heavy (non-hydrogen) atoms. The molecular weight excluding hydrogens is 260 g/mol.